The van der Waals surface area contributed by atoms with Crippen LogP contribution in [0.15, 0.2) is 30.6 Å². The molecule has 0 spiro atoms. The molecule has 3 rings (SSSR count). The molecule has 0 saturated heterocycles. The smallest absolute Gasteiger partial charge is 0.317 e. The van der Waals surface area contributed by atoms with Crippen molar-refractivity contribution in [2.75, 3.05) is 32.5 Å². The third-order valence-corrected chi connectivity index (χ3v) is 5.06. The first-order valence-corrected chi connectivity index (χ1v) is 9.73. The highest BCUT2D eigenvalue weighted by Gasteiger charge is 2.23. The van der Waals surface area contributed by atoms with Crippen LogP contribution in [0.1, 0.15) is 11.4 Å². The summed E-state index contributed by atoms with van der Waals surface area (Å²) < 4.78 is 11.6. The molecule has 140 valence electrons. The first kappa shape index (κ1) is 18.4. The maximum absolute atomic E-state index is 12.2. The van der Waals surface area contributed by atoms with Crippen molar-refractivity contribution in [3.63, 3.8) is 0 Å². The Morgan fingerprint density at radius 1 is 1.42 bits per heavy atom. The fourth-order valence-electron chi connectivity index (χ4n) is 2.61. The van der Waals surface area contributed by atoms with Gasteiger partial charge in [0, 0.05) is 30.8 Å². The number of carbonyl (C=O) groups is 1. The van der Waals surface area contributed by atoms with Gasteiger partial charge in [0.1, 0.15) is 6.61 Å². The molecule has 1 atom stereocenters. The molecule has 0 bridgehead atoms. The molecule has 2 amide bonds. The summed E-state index contributed by atoms with van der Waals surface area (Å²) in [7, 11) is 1.76. The molecule has 0 radical (unpaired) electrons. The highest BCUT2D eigenvalue weighted by atomic mass is 32.2. The maximum atomic E-state index is 12.2. The molecule has 1 aliphatic rings. The Labute approximate surface area is 157 Å². The van der Waals surface area contributed by atoms with Crippen molar-refractivity contribution in [2.24, 2.45) is 0 Å². The molecule has 0 saturated carbocycles. The van der Waals surface area contributed by atoms with Crippen molar-refractivity contribution in [3.8, 4) is 11.5 Å². The summed E-state index contributed by atoms with van der Waals surface area (Å²) in [6.07, 6.45) is 1.54. The number of imidazole rings is 1. The van der Waals surface area contributed by atoms with Gasteiger partial charge in [0.05, 0.1) is 18.6 Å². The van der Waals surface area contributed by atoms with Gasteiger partial charge < -0.3 is 24.7 Å². The minimum atomic E-state index is -0.169. The number of aryl methyl sites for hydroxylation is 1. The van der Waals surface area contributed by atoms with Crippen LogP contribution in [0, 0.1) is 6.92 Å². The van der Waals surface area contributed by atoms with E-state index in [-0.39, 0.29) is 12.1 Å². The van der Waals surface area contributed by atoms with E-state index in [1.807, 2.05) is 31.2 Å². The van der Waals surface area contributed by atoms with E-state index in [1.165, 1.54) is 0 Å². The molecular weight excluding hydrogens is 352 g/mol. The van der Waals surface area contributed by atoms with Crippen molar-refractivity contribution in [1.29, 1.82) is 0 Å². The number of likely N-dealkylation sites (N-methyl/N-ethyl adjacent to an activating group) is 1. The van der Waals surface area contributed by atoms with Crippen LogP contribution in [0.25, 0.3) is 0 Å². The predicted octanol–water partition coefficient (Wildman–Crippen LogP) is 2.43. The van der Waals surface area contributed by atoms with Gasteiger partial charge >= 0.3 is 6.03 Å². The quantitative estimate of drug-likeness (QED) is 0.726. The zero-order chi connectivity index (χ0) is 18.4. The summed E-state index contributed by atoms with van der Waals surface area (Å²) in [5, 5.41) is 2.93. The first-order valence-electron chi connectivity index (χ1n) is 8.57. The fourth-order valence-corrected chi connectivity index (χ4v) is 3.48. The lowest BCUT2D eigenvalue weighted by Crippen LogP contribution is -2.45. The second-order valence-electron chi connectivity index (χ2n) is 6.14. The maximum Gasteiger partial charge on any atom is 0.317 e. The second-order valence-corrected chi connectivity index (χ2v) is 7.24. The third kappa shape index (κ3) is 4.85. The van der Waals surface area contributed by atoms with Gasteiger partial charge in [-0.15, -0.1) is 0 Å². The van der Waals surface area contributed by atoms with E-state index in [1.54, 1.807) is 30.0 Å². The number of rotatable bonds is 7. The Balaban J connectivity index is 1.34. The van der Waals surface area contributed by atoms with Crippen molar-refractivity contribution in [3.05, 3.63) is 42.0 Å². The van der Waals surface area contributed by atoms with Crippen molar-refractivity contribution >= 4 is 17.8 Å². The van der Waals surface area contributed by atoms with Crippen molar-refractivity contribution < 1.29 is 14.3 Å². The average molecular weight is 376 g/mol. The molecule has 2 N–H and O–H groups in total. The summed E-state index contributed by atoms with van der Waals surface area (Å²) in [4.78, 5) is 21.2. The lowest BCUT2D eigenvalue weighted by Gasteiger charge is -2.29. The van der Waals surface area contributed by atoms with E-state index in [2.05, 4.69) is 15.3 Å². The number of aromatic amines is 1. The number of amides is 2. The number of aromatic nitrogens is 2. The first-order chi connectivity index (χ1) is 12.6. The molecule has 0 aliphatic carbocycles. The molecular formula is C18H24N4O3S. The van der Waals surface area contributed by atoms with Crippen molar-refractivity contribution in [1.82, 2.24) is 20.2 Å². The van der Waals surface area contributed by atoms with Crippen LogP contribution in [0.3, 0.4) is 0 Å². The van der Waals surface area contributed by atoms with Crippen LogP contribution in [0.2, 0.25) is 0 Å². The number of nitrogens with one attached hydrogen (secondary N) is 2. The van der Waals surface area contributed by atoms with E-state index in [0.29, 0.717) is 19.7 Å². The monoisotopic (exact) mass is 376 g/mol. The summed E-state index contributed by atoms with van der Waals surface area (Å²) in [5.41, 5.74) is 2.16. The van der Waals surface area contributed by atoms with Gasteiger partial charge in [-0.2, -0.15) is 11.8 Å². The molecule has 1 aliphatic heterocycles. The number of urea groups is 1. The molecule has 1 aromatic carbocycles. The van der Waals surface area contributed by atoms with Crippen LogP contribution in [0.5, 0.6) is 11.5 Å². The minimum absolute atomic E-state index is 0.107. The van der Waals surface area contributed by atoms with Gasteiger partial charge in [-0.3, -0.25) is 0 Å². The van der Waals surface area contributed by atoms with Crippen molar-refractivity contribution in [2.45, 2.75) is 18.8 Å². The number of hydrogen-bond acceptors (Lipinski definition) is 5. The number of benzene rings is 1. The number of H-pyrrole nitrogens is 1. The zero-order valence-electron chi connectivity index (χ0n) is 15.0. The second kappa shape index (κ2) is 8.84. The van der Waals surface area contributed by atoms with Crippen LogP contribution in [-0.4, -0.2) is 59.5 Å². The largest absolute Gasteiger partial charge is 0.486 e. The topological polar surface area (TPSA) is 79.5 Å². The fraction of sp³-hybridized carbons (Fsp3) is 0.444. The van der Waals surface area contributed by atoms with Gasteiger partial charge in [-0.25, -0.2) is 9.78 Å². The highest BCUT2D eigenvalue weighted by molar-refractivity contribution is 7.98. The van der Waals surface area contributed by atoms with Gasteiger partial charge in [0.15, 0.2) is 17.6 Å². The zero-order valence-corrected chi connectivity index (χ0v) is 15.8. The molecule has 1 aromatic heterocycles. The summed E-state index contributed by atoms with van der Waals surface area (Å²) >= 11 is 1.75. The van der Waals surface area contributed by atoms with Gasteiger partial charge in [-0.05, 0) is 19.1 Å². The highest BCUT2D eigenvalue weighted by Crippen LogP contribution is 2.30. The Hall–Kier alpha value is -2.35. The Morgan fingerprint density at radius 2 is 2.23 bits per heavy atom. The van der Waals surface area contributed by atoms with Crippen LogP contribution < -0.4 is 14.8 Å². The summed E-state index contributed by atoms with van der Waals surface area (Å²) in [5.74, 6) is 3.15. The van der Waals surface area contributed by atoms with Crippen LogP contribution >= 0.6 is 11.8 Å². The number of nitrogens with zero attached hydrogens (tertiary/aromatic N) is 2. The standard InChI is InChI=1S/C18H24N4O3S/c1-13-15(21-12-20-13)11-26-8-7-19-18(23)22(2)9-14-10-24-16-5-3-4-6-17(16)25-14/h3-6,12,14H,7-11H2,1-2H3,(H,19,23)(H,20,21). The van der Waals surface area contributed by atoms with E-state index in [0.717, 1.165) is 34.4 Å². The summed E-state index contributed by atoms with van der Waals surface area (Å²) in [6, 6.07) is 7.46. The number of fused-ring (bicyclic) bond motifs is 1. The van der Waals surface area contributed by atoms with Crippen LogP contribution in [-0.2, 0) is 5.75 Å². The Bertz CT molecular complexity index is 737. The normalized spacial score (nSPS) is 15.5. The lowest BCUT2D eigenvalue weighted by atomic mass is 10.2. The third-order valence-electron chi connectivity index (χ3n) is 4.09. The number of thioether (sulfide) groups is 1. The lowest BCUT2D eigenvalue weighted by molar-refractivity contribution is 0.0716. The molecule has 7 nitrogen and oxygen atoms in total. The summed E-state index contributed by atoms with van der Waals surface area (Å²) in [6.45, 7) is 3.53. The number of para-hydroxylation sites is 2. The molecule has 2 heterocycles. The predicted molar refractivity (Wildman–Crippen MR) is 102 cm³/mol. The molecule has 26 heavy (non-hydrogen) atoms. The van der Waals surface area contributed by atoms with Gasteiger partial charge in [-0.1, -0.05) is 12.1 Å². The van der Waals surface area contributed by atoms with Gasteiger partial charge in [0.25, 0.3) is 0 Å². The number of hydrogen-bond donors (Lipinski definition) is 2. The average Bonchev–Trinajstić information content (AvgIpc) is 3.06. The molecule has 2 aromatic rings. The minimum Gasteiger partial charge on any atom is -0.486 e. The molecule has 1 unspecified atom stereocenters. The van der Waals surface area contributed by atoms with Crippen LogP contribution in [0.4, 0.5) is 4.79 Å². The molecule has 0 fully saturated rings. The Kier molecular flexibility index (Phi) is 6.27. The van der Waals surface area contributed by atoms with Gasteiger partial charge in [0.2, 0.25) is 0 Å². The molecule has 8 heteroatoms. The Morgan fingerprint density at radius 3 is 3.00 bits per heavy atom. The van der Waals surface area contributed by atoms with E-state index >= 15 is 0 Å². The number of carbonyl (C=O) groups excluding carboxylic acids is 1. The van der Waals surface area contributed by atoms with E-state index < -0.39 is 0 Å². The van der Waals surface area contributed by atoms with E-state index in [9.17, 15) is 4.79 Å². The number of ether oxygens (including phenoxy) is 2. The SMILES string of the molecule is Cc1[nH]cnc1CSCCNC(=O)N(C)CC1COc2ccccc2O1. The van der Waals surface area contributed by atoms with E-state index in [4.69, 9.17) is 9.47 Å².